The molecule has 248 valence electrons. The van der Waals surface area contributed by atoms with Crippen LogP contribution in [-0.4, -0.2) is 75.5 Å². The van der Waals surface area contributed by atoms with Crippen LogP contribution in [0.4, 0.5) is 0 Å². The van der Waals surface area contributed by atoms with Crippen LogP contribution in [-0.2, 0) is 56.9 Å². The van der Waals surface area contributed by atoms with Gasteiger partial charge in [0.25, 0.3) is 0 Å². The lowest BCUT2D eigenvalue weighted by molar-refractivity contribution is -0.154. The molecule has 0 amide bonds. The van der Waals surface area contributed by atoms with Crippen molar-refractivity contribution in [2.45, 2.75) is 60.6 Å². The lowest BCUT2D eigenvalue weighted by Gasteiger charge is -2.40. The molecule has 0 aliphatic heterocycles. The van der Waals surface area contributed by atoms with Crippen molar-refractivity contribution in [3.63, 3.8) is 0 Å². The Morgan fingerprint density at radius 3 is 1.16 bits per heavy atom. The molecule has 0 rings (SSSR count). The van der Waals surface area contributed by atoms with Gasteiger partial charge in [-0.1, -0.05) is 46.4 Å². The Hall–Kier alpha value is -4.52. The van der Waals surface area contributed by atoms with Gasteiger partial charge in [0, 0.05) is 38.9 Å². The molecule has 0 radical (unpaired) electrons. The van der Waals surface area contributed by atoms with Gasteiger partial charge < -0.3 is 28.1 Å². The van der Waals surface area contributed by atoms with Crippen molar-refractivity contribution >= 4 is 44.1 Å². The van der Waals surface area contributed by atoms with Crippen LogP contribution in [0, 0.1) is 5.41 Å². The summed E-state index contributed by atoms with van der Waals surface area (Å²) in [6, 6.07) is 0. The zero-order chi connectivity index (χ0) is 35.3. The molecular formula is C32H44O12Si. The lowest BCUT2D eigenvalue weighted by atomic mass is 9.89. The third-order valence-corrected chi connectivity index (χ3v) is 9.25. The number of carbonyl (C=O) groups is 6. The van der Waals surface area contributed by atoms with Crippen LogP contribution in [0.1, 0.15) is 54.9 Å². The summed E-state index contributed by atoms with van der Waals surface area (Å²) >= 11 is 0. The summed E-state index contributed by atoms with van der Waals surface area (Å²) < 4.78 is 33.4. The van der Waals surface area contributed by atoms with Crippen LogP contribution in [0.2, 0.25) is 0 Å². The summed E-state index contributed by atoms with van der Waals surface area (Å²) in [6.07, 6.45) is -1.69. The summed E-state index contributed by atoms with van der Waals surface area (Å²) in [5.41, 5.74) is -2.78. The molecular weight excluding hydrogens is 604 g/mol. The van der Waals surface area contributed by atoms with Crippen molar-refractivity contribution in [1.82, 2.24) is 0 Å². The molecule has 1 unspecified atom stereocenters. The van der Waals surface area contributed by atoms with Crippen molar-refractivity contribution in [3.8, 4) is 0 Å². The number of rotatable bonds is 19. The Bertz CT molecular complexity index is 1230. The molecule has 0 saturated heterocycles. The van der Waals surface area contributed by atoms with Gasteiger partial charge >= 0.3 is 44.1 Å². The average molecular weight is 649 g/mol. The second kappa shape index (κ2) is 17.7. The standard InChI is InChI=1S/C32H44O12Si/c1-19(2)26(33)39-15-32(13,16-40-27(34)20(3)4)14-25(43-30(37)23(9)10)45(44-31(38)24(11)12,17-41-28(35)21(5)6)18-42-29(36)22(7)8/h25H,1,3,5,7,9,11,14-18H2,2,4,6,8,10,12-13H3. The summed E-state index contributed by atoms with van der Waals surface area (Å²) in [5.74, 6) is -5.15. The second-order valence-electron chi connectivity index (χ2n) is 11.3. The highest BCUT2D eigenvalue weighted by atomic mass is 28.4. The molecule has 45 heavy (non-hydrogen) atoms. The molecule has 0 fully saturated rings. The van der Waals surface area contributed by atoms with Gasteiger partial charge in [0.1, 0.15) is 31.4 Å². The monoisotopic (exact) mass is 648 g/mol. The van der Waals surface area contributed by atoms with E-state index in [0.717, 1.165) is 0 Å². The van der Waals surface area contributed by atoms with E-state index >= 15 is 0 Å². The first-order valence-electron chi connectivity index (χ1n) is 13.6. The van der Waals surface area contributed by atoms with Gasteiger partial charge in [0.15, 0.2) is 0 Å². The number of carbonyl (C=O) groups excluding carboxylic acids is 6. The minimum Gasteiger partial charge on any atom is -0.505 e. The zero-order valence-corrected chi connectivity index (χ0v) is 28.3. The maximum Gasteiger partial charge on any atom is 0.368 e. The molecule has 13 heteroatoms. The highest BCUT2D eigenvalue weighted by molar-refractivity contribution is 6.77. The maximum absolute atomic E-state index is 13.1. The number of hydrogen-bond donors (Lipinski definition) is 0. The molecule has 0 aliphatic carbocycles. The van der Waals surface area contributed by atoms with Crippen LogP contribution in [0.5, 0.6) is 0 Å². The van der Waals surface area contributed by atoms with Crippen molar-refractivity contribution in [2.24, 2.45) is 5.41 Å². The Balaban J connectivity index is 7.38. The Morgan fingerprint density at radius 1 is 0.533 bits per heavy atom. The summed E-state index contributed by atoms with van der Waals surface area (Å²) in [5, 5.41) is 0. The van der Waals surface area contributed by atoms with Gasteiger partial charge in [-0.25, -0.2) is 28.8 Å². The Labute approximate surface area is 265 Å². The van der Waals surface area contributed by atoms with E-state index in [-0.39, 0.29) is 39.9 Å². The molecule has 0 spiro atoms. The molecule has 0 bridgehead atoms. The fourth-order valence-electron chi connectivity index (χ4n) is 3.14. The van der Waals surface area contributed by atoms with Gasteiger partial charge in [0.05, 0.1) is 0 Å². The molecule has 0 N–H and O–H groups in total. The van der Waals surface area contributed by atoms with Crippen LogP contribution in [0.15, 0.2) is 72.9 Å². The topological polar surface area (TPSA) is 158 Å². The third-order valence-electron chi connectivity index (χ3n) is 5.90. The predicted octanol–water partition coefficient (Wildman–Crippen LogP) is 4.03. The minimum atomic E-state index is -4.32. The number of esters is 5. The van der Waals surface area contributed by atoms with Crippen LogP contribution >= 0.6 is 0 Å². The molecule has 0 aromatic rings. The Kier molecular flexibility index (Phi) is 15.9. The van der Waals surface area contributed by atoms with Crippen molar-refractivity contribution < 1.29 is 56.9 Å². The first-order chi connectivity index (χ1) is 20.6. The van der Waals surface area contributed by atoms with Gasteiger partial charge in [-0.15, -0.1) is 0 Å². The van der Waals surface area contributed by atoms with E-state index in [9.17, 15) is 28.8 Å². The molecule has 0 saturated carbocycles. The predicted molar refractivity (Wildman–Crippen MR) is 167 cm³/mol. The van der Waals surface area contributed by atoms with Crippen molar-refractivity contribution in [2.75, 3.05) is 25.7 Å². The highest BCUT2D eigenvalue weighted by Gasteiger charge is 2.55. The highest BCUT2D eigenvalue weighted by Crippen LogP contribution is 2.33. The summed E-state index contributed by atoms with van der Waals surface area (Å²) in [4.78, 5) is 75.9. The molecule has 0 aromatic heterocycles. The molecule has 0 aliphatic rings. The second-order valence-corrected chi connectivity index (χ2v) is 14.9. The Morgan fingerprint density at radius 2 is 0.844 bits per heavy atom. The van der Waals surface area contributed by atoms with E-state index in [4.69, 9.17) is 28.1 Å². The van der Waals surface area contributed by atoms with E-state index in [1.54, 1.807) is 6.92 Å². The normalized spacial score (nSPS) is 11.5. The fourth-order valence-corrected chi connectivity index (χ4v) is 6.33. The van der Waals surface area contributed by atoms with Gasteiger partial charge in [-0.05, 0) is 48.0 Å². The SMILES string of the molecule is C=C(C)C(=O)OCC(C)(COC(=O)C(=C)C)CC(OC(=O)C(=C)C)[Si](COC(=O)C(=C)C)(COC(=O)C(=C)C)OC(=O)C(=C)C. The lowest BCUT2D eigenvalue weighted by Crippen LogP contribution is -2.63. The molecule has 0 aromatic carbocycles. The molecule has 12 nitrogen and oxygen atoms in total. The van der Waals surface area contributed by atoms with E-state index in [1.165, 1.54) is 41.5 Å². The number of ether oxygens (including phenoxy) is 5. The van der Waals surface area contributed by atoms with Gasteiger partial charge in [-0.2, -0.15) is 0 Å². The van der Waals surface area contributed by atoms with E-state index < -0.39 is 80.9 Å². The minimum absolute atomic E-state index is 0.00166. The number of hydrogen-bond acceptors (Lipinski definition) is 12. The summed E-state index contributed by atoms with van der Waals surface area (Å²) in [7, 11) is -4.32. The first kappa shape index (κ1) is 40.5. The summed E-state index contributed by atoms with van der Waals surface area (Å²) in [6.45, 7) is 30.5. The van der Waals surface area contributed by atoms with Crippen LogP contribution in [0.3, 0.4) is 0 Å². The van der Waals surface area contributed by atoms with Gasteiger partial charge in [-0.3, -0.25) is 0 Å². The largest absolute Gasteiger partial charge is 0.505 e. The van der Waals surface area contributed by atoms with E-state index in [1.807, 2.05) is 0 Å². The smallest absolute Gasteiger partial charge is 0.368 e. The quantitative estimate of drug-likeness (QED) is 0.0858. The van der Waals surface area contributed by atoms with Crippen LogP contribution in [0.25, 0.3) is 0 Å². The van der Waals surface area contributed by atoms with Gasteiger partial charge in [0.2, 0.25) is 0 Å². The van der Waals surface area contributed by atoms with E-state index in [0.29, 0.717) is 0 Å². The fraction of sp³-hybridized carbons (Fsp3) is 0.438. The van der Waals surface area contributed by atoms with Crippen molar-refractivity contribution in [1.29, 1.82) is 0 Å². The molecule has 0 heterocycles. The van der Waals surface area contributed by atoms with Crippen LogP contribution < -0.4 is 0 Å². The van der Waals surface area contributed by atoms with Crippen molar-refractivity contribution in [3.05, 3.63) is 72.9 Å². The first-order valence-corrected chi connectivity index (χ1v) is 16.0. The third kappa shape index (κ3) is 13.8. The van der Waals surface area contributed by atoms with E-state index in [2.05, 4.69) is 39.5 Å². The maximum atomic E-state index is 13.1. The molecule has 1 atom stereocenters. The average Bonchev–Trinajstić information content (AvgIpc) is 2.94. The zero-order valence-electron chi connectivity index (χ0n) is 27.3.